The molecule has 0 saturated carbocycles. The van der Waals surface area contributed by atoms with Crippen LogP contribution < -0.4 is 5.32 Å². The highest BCUT2D eigenvalue weighted by Gasteiger charge is 2.39. The molecule has 0 aromatic rings. The molecule has 0 heterocycles. The lowest BCUT2D eigenvalue weighted by atomic mass is 9.71. The molecule has 0 fully saturated rings. The van der Waals surface area contributed by atoms with E-state index < -0.39 is 5.60 Å². The summed E-state index contributed by atoms with van der Waals surface area (Å²) in [6, 6.07) is 0. The summed E-state index contributed by atoms with van der Waals surface area (Å²) >= 11 is 0. The van der Waals surface area contributed by atoms with Crippen LogP contribution in [0.25, 0.3) is 0 Å². The summed E-state index contributed by atoms with van der Waals surface area (Å²) in [5.74, 6) is 0.801. The van der Waals surface area contributed by atoms with E-state index >= 15 is 0 Å². The first-order valence-electron chi connectivity index (χ1n) is 7.85. The highest BCUT2D eigenvalue weighted by molar-refractivity contribution is 4.94. The fourth-order valence-corrected chi connectivity index (χ4v) is 2.29. The second-order valence-corrected chi connectivity index (χ2v) is 8.40. The van der Waals surface area contributed by atoms with Gasteiger partial charge in [0.05, 0.1) is 5.60 Å². The van der Waals surface area contributed by atoms with Crippen LogP contribution in [0.5, 0.6) is 0 Å². The summed E-state index contributed by atoms with van der Waals surface area (Å²) in [6.07, 6.45) is 4.59. The van der Waals surface area contributed by atoms with Crippen molar-refractivity contribution in [2.45, 2.75) is 92.2 Å². The standard InChI is InChI=1S/C17H37NO/c1-14(2)11-9-10-12-18-16(6,7)13-17(8,19)15(3,4)5/h14,18-19H,9-13H2,1-8H3. The second-order valence-electron chi connectivity index (χ2n) is 8.40. The Morgan fingerprint density at radius 2 is 1.47 bits per heavy atom. The number of rotatable bonds is 8. The van der Waals surface area contributed by atoms with Gasteiger partial charge in [0, 0.05) is 5.54 Å². The Bertz CT molecular complexity index is 248. The Morgan fingerprint density at radius 1 is 0.947 bits per heavy atom. The van der Waals surface area contributed by atoms with Crippen molar-refractivity contribution in [3.63, 3.8) is 0 Å². The van der Waals surface area contributed by atoms with Gasteiger partial charge in [-0.2, -0.15) is 0 Å². The molecule has 116 valence electrons. The van der Waals surface area contributed by atoms with E-state index in [1.54, 1.807) is 0 Å². The molecule has 1 unspecified atom stereocenters. The molecule has 0 aliphatic rings. The number of aliphatic hydroxyl groups is 1. The van der Waals surface area contributed by atoms with Crippen molar-refractivity contribution in [3.05, 3.63) is 0 Å². The molecule has 0 aromatic carbocycles. The van der Waals surface area contributed by atoms with Gasteiger partial charge in [-0.1, -0.05) is 47.5 Å². The molecule has 19 heavy (non-hydrogen) atoms. The van der Waals surface area contributed by atoms with Gasteiger partial charge in [-0.3, -0.25) is 0 Å². The first kappa shape index (κ1) is 18.9. The van der Waals surface area contributed by atoms with E-state index in [9.17, 15) is 5.11 Å². The van der Waals surface area contributed by atoms with Gasteiger partial charge in [-0.05, 0) is 51.5 Å². The van der Waals surface area contributed by atoms with E-state index in [-0.39, 0.29) is 11.0 Å². The van der Waals surface area contributed by atoms with Crippen molar-refractivity contribution < 1.29 is 5.11 Å². The largest absolute Gasteiger partial charge is 0.390 e. The lowest BCUT2D eigenvalue weighted by molar-refractivity contribution is -0.0639. The molecule has 1 atom stereocenters. The third-order valence-corrected chi connectivity index (χ3v) is 4.21. The molecule has 2 N–H and O–H groups in total. The highest BCUT2D eigenvalue weighted by Crippen LogP contribution is 2.36. The Kier molecular flexibility index (Phi) is 7.05. The van der Waals surface area contributed by atoms with Crippen molar-refractivity contribution in [1.82, 2.24) is 5.32 Å². The van der Waals surface area contributed by atoms with E-state index in [1.165, 1.54) is 19.3 Å². The van der Waals surface area contributed by atoms with Crippen molar-refractivity contribution in [2.75, 3.05) is 6.54 Å². The topological polar surface area (TPSA) is 32.3 Å². The number of nitrogens with one attached hydrogen (secondary N) is 1. The molecule has 0 radical (unpaired) electrons. The summed E-state index contributed by atoms with van der Waals surface area (Å²) in [7, 11) is 0. The molecule has 2 nitrogen and oxygen atoms in total. The molecular formula is C17H37NO. The lowest BCUT2D eigenvalue weighted by Crippen LogP contribution is -2.51. The van der Waals surface area contributed by atoms with Crippen molar-refractivity contribution in [2.24, 2.45) is 11.3 Å². The normalized spacial score (nSPS) is 16.7. The summed E-state index contributed by atoms with van der Waals surface area (Å²) in [6.45, 7) is 18.2. The van der Waals surface area contributed by atoms with Crippen LogP contribution in [0.2, 0.25) is 0 Å². The zero-order chi connectivity index (χ0) is 15.3. The minimum atomic E-state index is -0.651. The van der Waals surface area contributed by atoms with E-state index in [4.69, 9.17) is 0 Å². The molecular weight excluding hydrogens is 234 g/mol. The first-order chi connectivity index (χ1) is 8.37. The molecule has 0 rings (SSSR count). The molecule has 0 amide bonds. The van der Waals surface area contributed by atoms with Crippen LogP contribution in [0.3, 0.4) is 0 Å². The van der Waals surface area contributed by atoms with Gasteiger partial charge in [0.2, 0.25) is 0 Å². The van der Waals surface area contributed by atoms with Gasteiger partial charge in [0.25, 0.3) is 0 Å². The van der Waals surface area contributed by atoms with Crippen LogP contribution in [-0.4, -0.2) is 22.8 Å². The van der Waals surface area contributed by atoms with Crippen LogP contribution in [0, 0.1) is 11.3 Å². The van der Waals surface area contributed by atoms with Gasteiger partial charge in [-0.25, -0.2) is 0 Å². The van der Waals surface area contributed by atoms with Gasteiger partial charge < -0.3 is 10.4 Å². The fraction of sp³-hybridized carbons (Fsp3) is 1.00. The SMILES string of the molecule is CC(C)CCCCNC(C)(C)CC(C)(O)C(C)(C)C. The summed E-state index contributed by atoms with van der Waals surface area (Å²) in [4.78, 5) is 0. The monoisotopic (exact) mass is 271 g/mol. The maximum absolute atomic E-state index is 10.6. The predicted molar refractivity (Wildman–Crippen MR) is 85.5 cm³/mol. The number of hydrogen-bond acceptors (Lipinski definition) is 2. The minimum absolute atomic E-state index is 0.0192. The highest BCUT2D eigenvalue weighted by atomic mass is 16.3. The van der Waals surface area contributed by atoms with Crippen LogP contribution in [0.4, 0.5) is 0 Å². The van der Waals surface area contributed by atoms with Gasteiger partial charge in [0.1, 0.15) is 0 Å². The zero-order valence-electron chi connectivity index (χ0n) is 14.6. The average Bonchev–Trinajstić information content (AvgIpc) is 2.12. The molecule has 0 spiro atoms. The van der Waals surface area contributed by atoms with Gasteiger partial charge in [0.15, 0.2) is 0 Å². The van der Waals surface area contributed by atoms with E-state index in [0.29, 0.717) is 0 Å². The molecule has 0 bridgehead atoms. The lowest BCUT2D eigenvalue weighted by Gasteiger charge is -2.43. The second kappa shape index (κ2) is 7.08. The van der Waals surface area contributed by atoms with Crippen molar-refractivity contribution >= 4 is 0 Å². The maximum Gasteiger partial charge on any atom is 0.0685 e. The third kappa shape index (κ3) is 7.94. The molecule has 0 saturated heterocycles. The Balaban J connectivity index is 4.12. The third-order valence-electron chi connectivity index (χ3n) is 4.21. The maximum atomic E-state index is 10.6. The first-order valence-corrected chi connectivity index (χ1v) is 7.85. The summed E-state index contributed by atoms with van der Waals surface area (Å²) in [5.41, 5.74) is -0.764. The summed E-state index contributed by atoms with van der Waals surface area (Å²) in [5, 5.41) is 14.2. The number of hydrogen-bond donors (Lipinski definition) is 2. The molecule has 2 heteroatoms. The molecule has 0 aromatic heterocycles. The van der Waals surface area contributed by atoms with Crippen molar-refractivity contribution in [3.8, 4) is 0 Å². The number of unbranched alkanes of at least 4 members (excludes halogenated alkanes) is 1. The van der Waals surface area contributed by atoms with E-state index in [1.807, 2.05) is 6.92 Å². The quantitative estimate of drug-likeness (QED) is 0.643. The summed E-state index contributed by atoms with van der Waals surface area (Å²) < 4.78 is 0. The Hall–Kier alpha value is -0.0800. The van der Waals surface area contributed by atoms with Crippen LogP contribution >= 0.6 is 0 Å². The van der Waals surface area contributed by atoms with Crippen molar-refractivity contribution in [1.29, 1.82) is 0 Å². The smallest absolute Gasteiger partial charge is 0.0685 e. The van der Waals surface area contributed by atoms with E-state index in [2.05, 4.69) is 53.8 Å². The predicted octanol–water partition coefficient (Wildman–Crippen LogP) is 4.37. The van der Waals surface area contributed by atoms with E-state index in [0.717, 1.165) is 18.9 Å². The minimum Gasteiger partial charge on any atom is -0.390 e. The molecule has 0 aliphatic heterocycles. The van der Waals surface area contributed by atoms with Crippen LogP contribution in [0.15, 0.2) is 0 Å². The van der Waals surface area contributed by atoms with Gasteiger partial charge >= 0.3 is 0 Å². The fourth-order valence-electron chi connectivity index (χ4n) is 2.29. The zero-order valence-corrected chi connectivity index (χ0v) is 14.6. The van der Waals surface area contributed by atoms with Crippen LogP contribution in [0.1, 0.15) is 81.1 Å². The Labute approximate surface area is 121 Å². The Morgan fingerprint density at radius 3 is 1.89 bits per heavy atom. The average molecular weight is 271 g/mol. The van der Waals surface area contributed by atoms with Gasteiger partial charge in [-0.15, -0.1) is 0 Å². The van der Waals surface area contributed by atoms with Crippen LogP contribution in [-0.2, 0) is 0 Å². The molecule has 0 aliphatic carbocycles.